The summed E-state index contributed by atoms with van der Waals surface area (Å²) in [4.78, 5) is 11.9. The van der Waals surface area contributed by atoms with Gasteiger partial charge in [0.05, 0.1) is 0 Å². The minimum Gasteiger partial charge on any atom is -0.311 e. The predicted molar refractivity (Wildman–Crippen MR) is 170 cm³/mol. The van der Waals surface area contributed by atoms with Crippen LogP contribution in [0.25, 0.3) is 11.1 Å². The van der Waals surface area contributed by atoms with Gasteiger partial charge in [0.1, 0.15) is 6.29 Å². The van der Waals surface area contributed by atoms with Crippen LogP contribution in [0.4, 0.5) is 0 Å². The molecule has 0 heterocycles. The van der Waals surface area contributed by atoms with Gasteiger partial charge in [0.25, 0.3) is 0 Å². The van der Waals surface area contributed by atoms with Crippen LogP contribution in [0, 0.1) is 5.92 Å². The first-order chi connectivity index (χ1) is 18.8. The minimum atomic E-state index is 0.165. The summed E-state index contributed by atoms with van der Waals surface area (Å²) >= 11 is 1.87. The first-order valence-electron chi connectivity index (χ1n) is 14.9. The van der Waals surface area contributed by atoms with Crippen molar-refractivity contribution < 1.29 is 4.79 Å². The van der Waals surface area contributed by atoms with Crippen LogP contribution in [-0.4, -0.2) is 36.3 Å². The molecular weight excluding hydrogens is 496 g/mol. The fraction of sp³-hybridized carbons (Fsp3) is 0.514. The number of benzene rings is 2. The Morgan fingerprint density at radius 1 is 1.05 bits per heavy atom. The maximum Gasteiger partial charge on any atom is 0.120 e. The van der Waals surface area contributed by atoms with Crippen molar-refractivity contribution in [3.63, 3.8) is 0 Å². The van der Waals surface area contributed by atoms with Gasteiger partial charge in [-0.1, -0.05) is 74.0 Å². The van der Waals surface area contributed by atoms with Gasteiger partial charge in [0.2, 0.25) is 0 Å². The van der Waals surface area contributed by atoms with E-state index >= 15 is 0 Å². The Morgan fingerprint density at radius 3 is 2.51 bits per heavy atom. The Bertz CT molecular complexity index is 1090. The van der Waals surface area contributed by atoms with Gasteiger partial charge < -0.3 is 10.1 Å². The van der Waals surface area contributed by atoms with E-state index in [-0.39, 0.29) is 5.54 Å². The van der Waals surface area contributed by atoms with Crippen LogP contribution in [0.2, 0.25) is 0 Å². The zero-order chi connectivity index (χ0) is 28.1. The Labute approximate surface area is 242 Å². The molecule has 1 atom stereocenters. The number of hydrogen-bond donors (Lipinski definition) is 1. The molecule has 2 aromatic rings. The third kappa shape index (κ3) is 11.1. The van der Waals surface area contributed by atoms with E-state index in [1.54, 1.807) is 0 Å². The van der Waals surface area contributed by atoms with Gasteiger partial charge in [0, 0.05) is 23.4 Å². The summed E-state index contributed by atoms with van der Waals surface area (Å²) in [6, 6.07) is 15.7. The van der Waals surface area contributed by atoms with Gasteiger partial charge in [-0.3, -0.25) is 0 Å². The molecule has 212 valence electrons. The Hall–Kier alpha value is -2.14. The second-order valence-electron chi connectivity index (χ2n) is 11.8. The van der Waals surface area contributed by atoms with E-state index in [1.165, 1.54) is 64.8 Å². The van der Waals surface area contributed by atoms with E-state index in [2.05, 4.69) is 105 Å². The van der Waals surface area contributed by atoms with E-state index in [9.17, 15) is 4.79 Å². The van der Waals surface area contributed by atoms with Gasteiger partial charge in [0.15, 0.2) is 0 Å². The molecule has 0 spiro atoms. The van der Waals surface area contributed by atoms with Crippen LogP contribution >= 0.6 is 11.9 Å². The van der Waals surface area contributed by atoms with Gasteiger partial charge in [-0.2, -0.15) is 0 Å². The lowest BCUT2D eigenvalue weighted by molar-refractivity contribution is -0.107. The molecule has 39 heavy (non-hydrogen) atoms. The van der Waals surface area contributed by atoms with Crippen molar-refractivity contribution in [1.29, 1.82) is 0 Å². The second-order valence-corrected chi connectivity index (χ2v) is 13.1. The number of carbonyl (C=O) groups is 1. The number of hydrogen-bond acceptors (Lipinski definition) is 4. The topological polar surface area (TPSA) is 32.3 Å². The highest BCUT2D eigenvalue weighted by Crippen LogP contribution is 2.31. The highest BCUT2D eigenvalue weighted by molar-refractivity contribution is 7.97. The lowest BCUT2D eigenvalue weighted by atomic mass is 9.93. The zero-order valence-electron chi connectivity index (χ0n) is 25.0. The molecule has 0 amide bonds. The molecule has 2 aromatic carbocycles. The summed E-state index contributed by atoms with van der Waals surface area (Å²) in [5.41, 5.74) is 6.90. The standard InChI is InChI=1S/C35H50N2OS/c1-6-31-25-33(32-19-17-30(18-20-32)15-10-11-24-38)21-22-34(31)39-37(5)27-28(2)26-36-35(3,4)23-12-16-29-13-8-7-9-14-29/h8,13-14,17-22,24-25,28,36H,6-7,9-12,15-16,23,26-27H2,1-5H3. The van der Waals surface area contributed by atoms with E-state index in [0.29, 0.717) is 12.3 Å². The number of unbranched alkanes of at least 4 members (excludes halogenated alkanes) is 1. The molecule has 3 rings (SSSR count). The van der Waals surface area contributed by atoms with E-state index in [0.717, 1.165) is 38.6 Å². The Kier molecular flexibility index (Phi) is 13.0. The van der Waals surface area contributed by atoms with Gasteiger partial charge >= 0.3 is 0 Å². The molecule has 0 bridgehead atoms. The van der Waals surface area contributed by atoms with E-state index in [4.69, 9.17) is 0 Å². The summed E-state index contributed by atoms with van der Waals surface area (Å²) in [7, 11) is 2.22. The van der Waals surface area contributed by atoms with Crippen molar-refractivity contribution in [1.82, 2.24) is 9.62 Å². The van der Waals surface area contributed by atoms with Crippen LogP contribution in [0.1, 0.15) is 83.8 Å². The smallest absolute Gasteiger partial charge is 0.120 e. The molecule has 0 fully saturated rings. The van der Waals surface area contributed by atoms with Gasteiger partial charge in [-0.15, -0.1) is 0 Å². The van der Waals surface area contributed by atoms with E-state index < -0.39 is 0 Å². The molecule has 4 heteroatoms. The Balaban J connectivity index is 1.46. The lowest BCUT2D eigenvalue weighted by Gasteiger charge is -2.29. The van der Waals surface area contributed by atoms with Crippen molar-refractivity contribution in [2.24, 2.45) is 5.92 Å². The molecule has 0 saturated carbocycles. The molecule has 0 saturated heterocycles. The SMILES string of the molecule is CCc1cc(-c2ccc(CCCC=O)cc2)ccc1SN(C)CC(C)CNC(C)(C)CCCC1=CCCC=C1. The summed E-state index contributed by atoms with van der Waals surface area (Å²) in [5, 5.41) is 3.84. The molecular formula is C35H50N2OS. The highest BCUT2D eigenvalue weighted by Gasteiger charge is 2.19. The number of aldehydes is 1. The first kappa shape index (κ1) is 31.4. The number of nitrogens with zero attached hydrogens (tertiary/aromatic N) is 1. The van der Waals surface area contributed by atoms with Crippen molar-refractivity contribution in [3.05, 3.63) is 77.4 Å². The second kappa shape index (κ2) is 16.2. The maximum absolute atomic E-state index is 10.6. The fourth-order valence-electron chi connectivity index (χ4n) is 5.21. The summed E-state index contributed by atoms with van der Waals surface area (Å²) in [6.45, 7) is 11.4. The summed E-state index contributed by atoms with van der Waals surface area (Å²) in [5.74, 6) is 0.570. The molecule has 1 aliphatic rings. The number of carbonyl (C=O) groups excluding carboxylic acids is 1. The molecule has 3 nitrogen and oxygen atoms in total. The number of rotatable bonds is 17. The minimum absolute atomic E-state index is 0.165. The van der Waals surface area contributed by atoms with Crippen LogP contribution in [0.15, 0.2) is 71.2 Å². The quantitative estimate of drug-likeness (QED) is 0.122. The first-order valence-corrected chi connectivity index (χ1v) is 15.7. The molecule has 1 unspecified atom stereocenters. The number of allylic oxidation sites excluding steroid dienone is 4. The van der Waals surface area contributed by atoms with Crippen molar-refractivity contribution in [3.8, 4) is 11.1 Å². The van der Waals surface area contributed by atoms with E-state index in [1.807, 2.05) is 11.9 Å². The summed E-state index contributed by atoms with van der Waals surface area (Å²) in [6.07, 6.45) is 17.6. The largest absolute Gasteiger partial charge is 0.311 e. The highest BCUT2D eigenvalue weighted by atomic mass is 32.2. The van der Waals surface area contributed by atoms with Crippen LogP contribution in [0.5, 0.6) is 0 Å². The zero-order valence-corrected chi connectivity index (χ0v) is 25.8. The maximum atomic E-state index is 10.6. The number of nitrogens with one attached hydrogen (secondary N) is 1. The van der Waals surface area contributed by atoms with Gasteiger partial charge in [-0.25, -0.2) is 4.31 Å². The third-order valence-corrected chi connectivity index (χ3v) is 8.66. The van der Waals surface area contributed by atoms with Crippen LogP contribution in [-0.2, 0) is 17.6 Å². The average molecular weight is 547 g/mol. The average Bonchev–Trinajstić information content (AvgIpc) is 2.93. The Morgan fingerprint density at radius 2 is 1.82 bits per heavy atom. The normalized spacial score (nSPS) is 14.5. The van der Waals surface area contributed by atoms with Crippen molar-refractivity contribution >= 4 is 18.2 Å². The third-order valence-electron chi connectivity index (χ3n) is 7.61. The fourth-order valence-corrected chi connectivity index (χ4v) is 6.33. The monoisotopic (exact) mass is 546 g/mol. The molecule has 0 aromatic heterocycles. The number of aryl methyl sites for hydroxylation is 2. The van der Waals surface area contributed by atoms with Crippen molar-refractivity contribution in [2.45, 2.75) is 95.9 Å². The molecule has 0 aliphatic heterocycles. The molecule has 1 aliphatic carbocycles. The lowest BCUT2D eigenvalue weighted by Crippen LogP contribution is -2.42. The summed E-state index contributed by atoms with van der Waals surface area (Å²) < 4.78 is 2.39. The van der Waals surface area contributed by atoms with Crippen LogP contribution < -0.4 is 5.32 Å². The predicted octanol–water partition coefficient (Wildman–Crippen LogP) is 8.83. The molecule has 1 N–H and O–H groups in total. The van der Waals surface area contributed by atoms with Crippen LogP contribution in [0.3, 0.4) is 0 Å². The molecule has 0 radical (unpaired) electrons. The van der Waals surface area contributed by atoms with Gasteiger partial charge in [-0.05, 0) is 125 Å². The van der Waals surface area contributed by atoms with Crippen molar-refractivity contribution in [2.75, 3.05) is 20.1 Å².